The van der Waals surface area contributed by atoms with Crippen LogP contribution in [0.25, 0.3) is 0 Å². The Bertz CT molecular complexity index is 463. The molecule has 0 saturated carbocycles. The van der Waals surface area contributed by atoms with Crippen molar-refractivity contribution in [2.24, 2.45) is 0 Å². The zero-order valence-corrected chi connectivity index (χ0v) is 9.63. The van der Waals surface area contributed by atoms with E-state index >= 15 is 0 Å². The Balaban J connectivity index is 2.22. The van der Waals surface area contributed by atoms with Gasteiger partial charge in [-0.1, -0.05) is 11.6 Å². The third kappa shape index (κ3) is 2.11. The summed E-state index contributed by atoms with van der Waals surface area (Å²) in [6.45, 7) is 1.84. The summed E-state index contributed by atoms with van der Waals surface area (Å²) in [5.41, 5.74) is 0. The van der Waals surface area contributed by atoms with Crippen LogP contribution in [0.2, 0.25) is 4.34 Å². The standard InChI is InChI=1S/C10H9ClN2OS/c1-7(13-5-4-12-6-13)10(14)8-2-3-9(11)15-8/h2-7H,1H3. The number of thiophene rings is 1. The van der Waals surface area contributed by atoms with Crippen LogP contribution < -0.4 is 0 Å². The normalized spacial score (nSPS) is 12.7. The molecule has 3 nitrogen and oxygen atoms in total. The zero-order chi connectivity index (χ0) is 10.8. The monoisotopic (exact) mass is 240 g/mol. The predicted octanol–water partition coefficient (Wildman–Crippen LogP) is 3.04. The Morgan fingerprint density at radius 1 is 1.60 bits per heavy atom. The molecule has 2 aromatic rings. The lowest BCUT2D eigenvalue weighted by atomic mass is 10.2. The molecule has 0 radical (unpaired) electrons. The number of hydrogen-bond acceptors (Lipinski definition) is 3. The van der Waals surface area contributed by atoms with Crippen molar-refractivity contribution in [1.82, 2.24) is 9.55 Å². The smallest absolute Gasteiger partial charge is 0.195 e. The van der Waals surface area contributed by atoms with Gasteiger partial charge >= 0.3 is 0 Å². The molecule has 0 aliphatic carbocycles. The number of carbonyl (C=O) groups excluding carboxylic acids is 1. The van der Waals surface area contributed by atoms with Gasteiger partial charge in [-0.25, -0.2) is 4.98 Å². The van der Waals surface area contributed by atoms with Crippen LogP contribution in [0.5, 0.6) is 0 Å². The van der Waals surface area contributed by atoms with E-state index in [2.05, 4.69) is 4.98 Å². The van der Waals surface area contributed by atoms with Gasteiger partial charge in [0.2, 0.25) is 0 Å². The molecular formula is C10H9ClN2OS. The van der Waals surface area contributed by atoms with E-state index in [0.29, 0.717) is 9.21 Å². The lowest BCUT2D eigenvalue weighted by Gasteiger charge is -2.09. The summed E-state index contributed by atoms with van der Waals surface area (Å²) in [5.74, 6) is 0.0601. The Labute approximate surface area is 96.3 Å². The minimum Gasteiger partial charge on any atom is -0.327 e. The molecule has 15 heavy (non-hydrogen) atoms. The van der Waals surface area contributed by atoms with Crippen LogP contribution in [0.4, 0.5) is 0 Å². The third-order valence-corrected chi connectivity index (χ3v) is 3.41. The average molecular weight is 241 g/mol. The molecule has 2 heterocycles. The van der Waals surface area contributed by atoms with E-state index in [1.807, 2.05) is 6.92 Å². The first-order valence-corrected chi connectivity index (χ1v) is 5.65. The topological polar surface area (TPSA) is 34.9 Å². The summed E-state index contributed by atoms with van der Waals surface area (Å²) in [7, 11) is 0. The molecule has 0 amide bonds. The fourth-order valence-electron chi connectivity index (χ4n) is 1.29. The fourth-order valence-corrected chi connectivity index (χ4v) is 2.35. The van der Waals surface area contributed by atoms with E-state index in [0.717, 1.165) is 0 Å². The van der Waals surface area contributed by atoms with Crippen molar-refractivity contribution in [3.8, 4) is 0 Å². The van der Waals surface area contributed by atoms with Crippen molar-refractivity contribution in [2.45, 2.75) is 13.0 Å². The summed E-state index contributed by atoms with van der Waals surface area (Å²) in [4.78, 5) is 16.6. The SMILES string of the molecule is CC(C(=O)c1ccc(Cl)s1)n1ccnc1. The number of halogens is 1. The van der Waals surface area contributed by atoms with E-state index in [9.17, 15) is 4.79 Å². The number of rotatable bonds is 3. The summed E-state index contributed by atoms with van der Waals surface area (Å²) in [6.07, 6.45) is 5.07. The van der Waals surface area contributed by atoms with Gasteiger partial charge in [0.15, 0.2) is 5.78 Å². The van der Waals surface area contributed by atoms with E-state index < -0.39 is 0 Å². The van der Waals surface area contributed by atoms with Gasteiger partial charge in [0.25, 0.3) is 0 Å². The van der Waals surface area contributed by atoms with Crippen LogP contribution in [0.15, 0.2) is 30.9 Å². The van der Waals surface area contributed by atoms with Gasteiger partial charge in [0.1, 0.15) is 0 Å². The average Bonchev–Trinajstić information content (AvgIpc) is 2.85. The molecule has 0 fully saturated rings. The van der Waals surface area contributed by atoms with Gasteiger partial charge in [-0.3, -0.25) is 4.79 Å². The maximum absolute atomic E-state index is 12.0. The molecular weight excluding hydrogens is 232 g/mol. The second-order valence-electron chi connectivity index (χ2n) is 3.15. The first-order valence-electron chi connectivity index (χ1n) is 4.45. The van der Waals surface area contributed by atoms with Crippen LogP contribution in [0.1, 0.15) is 22.6 Å². The molecule has 0 spiro atoms. The van der Waals surface area contributed by atoms with Crippen molar-refractivity contribution < 1.29 is 4.79 Å². The number of ketones is 1. The van der Waals surface area contributed by atoms with Crippen LogP contribution in [0, 0.1) is 0 Å². The maximum Gasteiger partial charge on any atom is 0.195 e. The zero-order valence-electron chi connectivity index (χ0n) is 8.05. The fraction of sp³-hybridized carbons (Fsp3) is 0.200. The Morgan fingerprint density at radius 3 is 2.93 bits per heavy atom. The number of carbonyl (C=O) groups is 1. The highest BCUT2D eigenvalue weighted by Crippen LogP contribution is 2.25. The van der Waals surface area contributed by atoms with Gasteiger partial charge in [-0.2, -0.15) is 0 Å². The quantitative estimate of drug-likeness (QED) is 0.773. The van der Waals surface area contributed by atoms with Crippen LogP contribution in [-0.4, -0.2) is 15.3 Å². The Morgan fingerprint density at radius 2 is 2.40 bits per heavy atom. The molecule has 0 aliphatic rings. The van der Waals surface area contributed by atoms with Gasteiger partial charge in [0.05, 0.1) is 21.6 Å². The molecule has 5 heteroatoms. The first kappa shape index (κ1) is 10.4. The highest BCUT2D eigenvalue weighted by Gasteiger charge is 2.17. The number of Topliss-reactive ketones (excluding diaryl/α,β-unsaturated/α-hetero) is 1. The van der Waals surface area contributed by atoms with Crippen LogP contribution in [-0.2, 0) is 0 Å². The molecule has 0 saturated heterocycles. The van der Waals surface area contributed by atoms with Crippen molar-refractivity contribution in [3.63, 3.8) is 0 Å². The van der Waals surface area contributed by atoms with Gasteiger partial charge in [-0.15, -0.1) is 11.3 Å². The molecule has 1 unspecified atom stereocenters. The second kappa shape index (κ2) is 4.16. The predicted molar refractivity (Wildman–Crippen MR) is 60.6 cm³/mol. The lowest BCUT2D eigenvalue weighted by molar-refractivity contribution is 0.0939. The Kier molecular flexibility index (Phi) is 2.88. The highest BCUT2D eigenvalue weighted by molar-refractivity contribution is 7.18. The number of nitrogens with zero attached hydrogens (tertiary/aromatic N) is 2. The van der Waals surface area contributed by atoms with Crippen molar-refractivity contribution >= 4 is 28.7 Å². The molecule has 0 N–H and O–H groups in total. The molecule has 2 rings (SSSR count). The highest BCUT2D eigenvalue weighted by atomic mass is 35.5. The van der Waals surface area contributed by atoms with E-state index in [1.54, 1.807) is 35.4 Å². The second-order valence-corrected chi connectivity index (χ2v) is 4.87. The molecule has 78 valence electrons. The number of aromatic nitrogens is 2. The lowest BCUT2D eigenvalue weighted by Crippen LogP contribution is -2.14. The summed E-state index contributed by atoms with van der Waals surface area (Å²) < 4.78 is 2.41. The van der Waals surface area contributed by atoms with Gasteiger partial charge < -0.3 is 4.57 Å². The molecule has 0 aromatic carbocycles. The molecule has 0 aliphatic heterocycles. The minimum absolute atomic E-state index is 0.0601. The van der Waals surface area contributed by atoms with Crippen molar-refractivity contribution in [3.05, 3.63) is 40.1 Å². The molecule has 0 bridgehead atoms. The minimum atomic E-state index is -0.234. The van der Waals surface area contributed by atoms with Crippen molar-refractivity contribution in [2.75, 3.05) is 0 Å². The van der Waals surface area contributed by atoms with E-state index in [-0.39, 0.29) is 11.8 Å². The van der Waals surface area contributed by atoms with E-state index in [4.69, 9.17) is 11.6 Å². The van der Waals surface area contributed by atoms with Crippen molar-refractivity contribution in [1.29, 1.82) is 0 Å². The summed E-state index contributed by atoms with van der Waals surface area (Å²) in [5, 5.41) is 0. The first-order chi connectivity index (χ1) is 7.18. The van der Waals surface area contributed by atoms with Gasteiger partial charge in [-0.05, 0) is 19.1 Å². The Hall–Kier alpha value is -1.13. The van der Waals surface area contributed by atoms with Crippen LogP contribution >= 0.6 is 22.9 Å². The summed E-state index contributed by atoms with van der Waals surface area (Å²) in [6, 6.07) is 3.25. The van der Waals surface area contributed by atoms with Crippen LogP contribution in [0.3, 0.4) is 0 Å². The van der Waals surface area contributed by atoms with Gasteiger partial charge in [0, 0.05) is 12.4 Å². The molecule has 2 aromatic heterocycles. The van der Waals surface area contributed by atoms with E-state index in [1.165, 1.54) is 11.3 Å². The largest absolute Gasteiger partial charge is 0.327 e. The molecule has 1 atom stereocenters. The number of hydrogen-bond donors (Lipinski definition) is 0. The maximum atomic E-state index is 12.0. The summed E-state index contributed by atoms with van der Waals surface area (Å²) >= 11 is 7.08. The number of imidazole rings is 1. The third-order valence-electron chi connectivity index (χ3n) is 2.17.